The summed E-state index contributed by atoms with van der Waals surface area (Å²) in [7, 11) is 1.83. The third-order valence-corrected chi connectivity index (χ3v) is 5.86. The minimum atomic E-state index is -0.172. The van der Waals surface area contributed by atoms with Gasteiger partial charge in [0.2, 0.25) is 0 Å². The minimum Gasteiger partial charge on any atom is -0.393 e. The van der Waals surface area contributed by atoms with Gasteiger partial charge in [0.25, 0.3) is 0 Å². The van der Waals surface area contributed by atoms with Gasteiger partial charge in [-0.1, -0.05) is 44.2 Å². The highest BCUT2D eigenvalue weighted by atomic mass is 16.5. The van der Waals surface area contributed by atoms with Gasteiger partial charge in [-0.05, 0) is 30.7 Å². The summed E-state index contributed by atoms with van der Waals surface area (Å²) in [5.41, 5.74) is 1.10. The van der Waals surface area contributed by atoms with Crippen molar-refractivity contribution in [3.8, 4) is 0 Å². The molecule has 1 aromatic rings. The zero-order chi connectivity index (χ0) is 18.0. The molecule has 25 heavy (non-hydrogen) atoms. The molecule has 0 radical (unpaired) electrons. The number of aliphatic hydroxyl groups excluding tert-OH is 1. The Kier molecular flexibility index (Phi) is 5.35. The van der Waals surface area contributed by atoms with E-state index in [4.69, 9.17) is 4.74 Å². The number of ether oxygens (including phenoxy) is 1. The van der Waals surface area contributed by atoms with Gasteiger partial charge in [-0.2, -0.15) is 0 Å². The van der Waals surface area contributed by atoms with Crippen LogP contribution < -0.4 is 5.32 Å². The molecule has 0 aliphatic heterocycles. The zero-order valence-electron chi connectivity index (χ0n) is 15.4. The van der Waals surface area contributed by atoms with Crippen LogP contribution in [-0.4, -0.2) is 47.9 Å². The maximum absolute atomic E-state index is 12.4. The highest BCUT2D eigenvalue weighted by Gasteiger charge is 2.50. The second-order valence-electron chi connectivity index (χ2n) is 8.22. The standard InChI is InChI=1S/C20H30N2O3/c1-20(2)17(11-18(20)25-13-14-7-5-4-6-8-14)21-19(24)22(3)12-15-9-16(23)10-15/h4-8,15-18,23H,9-13H2,1-3H3,(H,21,24)/t15?,16?,17-,18+/m0/s1. The molecule has 2 fully saturated rings. The van der Waals surface area contributed by atoms with Gasteiger partial charge >= 0.3 is 6.03 Å². The van der Waals surface area contributed by atoms with E-state index in [1.54, 1.807) is 4.90 Å². The van der Waals surface area contributed by atoms with E-state index in [-0.39, 0.29) is 29.7 Å². The minimum absolute atomic E-state index is 0.0269. The molecule has 0 bridgehead atoms. The van der Waals surface area contributed by atoms with Gasteiger partial charge in [0.15, 0.2) is 0 Å². The Labute approximate surface area is 150 Å². The molecule has 0 aromatic heterocycles. The fraction of sp³-hybridized carbons (Fsp3) is 0.650. The van der Waals surface area contributed by atoms with Crippen LogP contribution in [0.25, 0.3) is 0 Å². The number of aliphatic hydroxyl groups is 1. The van der Waals surface area contributed by atoms with Crippen LogP contribution in [0, 0.1) is 11.3 Å². The molecule has 2 N–H and O–H groups in total. The molecule has 2 aliphatic rings. The van der Waals surface area contributed by atoms with Gasteiger partial charge in [-0.25, -0.2) is 4.79 Å². The van der Waals surface area contributed by atoms with Crippen LogP contribution in [0.4, 0.5) is 4.79 Å². The number of carbonyl (C=O) groups excluding carboxylic acids is 1. The molecule has 0 unspecified atom stereocenters. The van der Waals surface area contributed by atoms with Crippen molar-refractivity contribution < 1.29 is 14.6 Å². The first-order valence-corrected chi connectivity index (χ1v) is 9.21. The van der Waals surface area contributed by atoms with E-state index < -0.39 is 0 Å². The van der Waals surface area contributed by atoms with Gasteiger partial charge < -0.3 is 20.1 Å². The van der Waals surface area contributed by atoms with Crippen LogP contribution >= 0.6 is 0 Å². The summed E-state index contributed by atoms with van der Waals surface area (Å²) in [5.74, 6) is 0.433. The quantitative estimate of drug-likeness (QED) is 0.833. The lowest BCUT2D eigenvalue weighted by Gasteiger charge is -2.52. The molecule has 2 saturated carbocycles. The summed E-state index contributed by atoms with van der Waals surface area (Å²) in [4.78, 5) is 14.1. The molecule has 0 heterocycles. The Hall–Kier alpha value is -1.59. The van der Waals surface area contributed by atoms with E-state index in [9.17, 15) is 9.90 Å². The Morgan fingerprint density at radius 2 is 1.96 bits per heavy atom. The smallest absolute Gasteiger partial charge is 0.317 e. The third-order valence-electron chi connectivity index (χ3n) is 5.86. The highest BCUT2D eigenvalue weighted by molar-refractivity contribution is 5.74. The van der Waals surface area contributed by atoms with Gasteiger partial charge in [0.1, 0.15) is 0 Å². The number of hydrogen-bond acceptors (Lipinski definition) is 3. The Morgan fingerprint density at radius 3 is 2.56 bits per heavy atom. The van der Waals surface area contributed by atoms with Crippen molar-refractivity contribution in [1.29, 1.82) is 0 Å². The van der Waals surface area contributed by atoms with E-state index in [1.165, 1.54) is 5.56 Å². The Morgan fingerprint density at radius 1 is 1.28 bits per heavy atom. The maximum Gasteiger partial charge on any atom is 0.317 e. The van der Waals surface area contributed by atoms with E-state index in [0.717, 1.165) is 19.3 Å². The number of rotatable bonds is 6. The first-order valence-electron chi connectivity index (χ1n) is 9.21. The van der Waals surface area contributed by atoms with Gasteiger partial charge in [0.05, 0.1) is 18.8 Å². The summed E-state index contributed by atoms with van der Waals surface area (Å²) >= 11 is 0. The number of hydrogen-bond donors (Lipinski definition) is 2. The molecule has 3 rings (SSSR count). The maximum atomic E-state index is 12.4. The number of benzene rings is 1. The van der Waals surface area contributed by atoms with Crippen molar-refractivity contribution in [3.05, 3.63) is 35.9 Å². The predicted molar refractivity (Wildman–Crippen MR) is 97.1 cm³/mol. The van der Waals surface area contributed by atoms with E-state index >= 15 is 0 Å². The van der Waals surface area contributed by atoms with Crippen LogP contribution in [0.1, 0.15) is 38.7 Å². The lowest BCUT2D eigenvalue weighted by atomic mass is 9.64. The summed E-state index contributed by atoms with van der Waals surface area (Å²) in [6, 6.07) is 10.3. The summed E-state index contributed by atoms with van der Waals surface area (Å²) in [6.07, 6.45) is 2.45. The van der Waals surface area contributed by atoms with Gasteiger partial charge in [-0.3, -0.25) is 0 Å². The molecule has 2 atom stereocenters. The molecule has 5 heteroatoms. The van der Waals surface area contributed by atoms with Crippen molar-refractivity contribution in [2.24, 2.45) is 11.3 Å². The predicted octanol–water partition coefficient (Wildman–Crippen LogP) is 2.78. The van der Waals surface area contributed by atoms with E-state index in [2.05, 4.69) is 31.3 Å². The second-order valence-corrected chi connectivity index (χ2v) is 8.22. The fourth-order valence-corrected chi connectivity index (χ4v) is 3.76. The molecule has 0 spiro atoms. The lowest BCUT2D eigenvalue weighted by molar-refractivity contribution is -0.122. The van der Waals surface area contributed by atoms with E-state index in [1.807, 2.05) is 25.2 Å². The molecule has 2 amide bonds. The molecule has 2 aliphatic carbocycles. The van der Waals surface area contributed by atoms with Crippen LogP contribution in [0.15, 0.2) is 30.3 Å². The highest BCUT2D eigenvalue weighted by Crippen LogP contribution is 2.43. The molecular formula is C20H30N2O3. The average Bonchev–Trinajstić information content (AvgIpc) is 2.56. The summed E-state index contributed by atoms with van der Waals surface area (Å²) < 4.78 is 6.06. The molecule has 0 saturated heterocycles. The van der Waals surface area contributed by atoms with Crippen LogP contribution in [0.2, 0.25) is 0 Å². The SMILES string of the molecule is CN(CC1CC(O)C1)C(=O)N[C@H]1C[C@@H](OCc2ccccc2)C1(C)C. The molecular weight excluding hydrogens is 316 g/mol. The average molecular weight is 346 g/mol. The second kappa shape index (κ2) is 7.34. The van der Waals surface area contributed by atoms with Crippen LogP contribution in [0.5, 0.6) is 0 Å². The largest absolute Gasteiger partial charge is 0.393 e. The Bertz CT molecular complexity index is 584. The third kappa shape index (κ3) is 4.15. The van der Waals surface area contributed by atoms with Gasteiger partial charge in [0, 0.05) is 25.0 Å². The first-order chi connectivity index (χ1) is 11.9. The first kappa shape index (κ1) is 18.2. The summed E-state index contributed by atoms with van der Waals surface area (Å²) in [6.45, 7) is 5.63. The lowest BCUT2D eigenvalue weighted by Crippen LogP contribution is -2.63. The number of nitrogens with zero attached hydrogens (tertiary/aromatic N) is 1. The van der Waals surface area contributed by atoms with E-state index in [0.29, 0.717) is 19.1 Å². The van der Waals surface area contributed by atoms with Crippen molar-refractivity contribution in [2.45, 2.75) is 58.0 Å². The fourth-order valence-electron chi connectivity index (χ4n) is 3.76. The van der Waals surface area contributed by atoms with Crippen LogP contribution in [0.3, 0.4) is 0 Å². The zero-order valence-corrected chi connectivity index (χ0v) is 15.4. The Balaban J connectivity index is 1.42. The van der Waals surface area contributed by atoms with Crippen molar-refractivity contribution in [1.82, 2.24) is 10.2 Å². The number of carbonyl (C=O) groups is 1. The monoisotopic (exact) mass is 346 g/mol. The van der Waals surface area contributed by atoms with Crippen molar-refractivity contribution in [3.63, 3.8) is 0 Å². The molecule has 5 nitrogen and oxygen atoms in total. The topological polar surface area (TPSA) is 61.8 Å². The molecule has 138 valence electrons. The van der Waals surface area contributed by atoms with Crippen molar-refractivity contribution >= 4 is 6.03 Å². The van der Waals surface area contributed by atoms with Crippen molar-refractivity contribution in [2.75, 3.05) is 13.6 Å². The summed E-state index contributed by atoms with van der Waals surface area (Å²) in [5, 5.41) is 12.5. The number of amides is 2. The number of nitrogens with one attached hydrogen (secondary N) is 1. The number of urea groups is 1. The molecule has 1 aromatic carbocycles. The normalized spacial score (nSPS) is 30.1. The van der Waals surface area contributed by atoms with Gasteiger partial charge in [-0.15, -0.1) is 0 Å². The van der Waals surface area contributed by atoms with Crippen LogP contribution in [-0.2, 0) is 11.3 Å².